The molecule has 1 aromatic carbocycles. The summed E-state index contributed by atoms with van der Waals surface area (Å²) in [6.07, 6.45) is 2.67. The number of H-pyrrole nitrogens is 1. The zero-order valence-electron chi connectivity index (χ0n) is 14.6. The Hall–Kier alpha value is -2.11. The van der Waals surface area contributed by atoms with Crippen molar-refractivity contribution in [3.8, 4) is 0 Å². The molecule has 0 amide bonds. The van der Waals surface area contributed by atoms with Crippen LogP contribution in [0.1, 0.15) is 30.7 Å². The number of allylic oxidation sites excluding steroid dienone is 1. The van der Waals surface area contributed by atoms with Crippen molar-refractivity contribution in [3.05, 3.63) is 47.2 Å². The number of aromatic nitrogens is 1. The Morgan fingerprint density at radius 2 is 2.16 bits per heavy atom. The number of piperidine rings is 1. The summed E-state index contributed by atoms with van der Waals surface area (Å²) in [7, 11) is 1.44. The maximum atomic E-state index is 12.5. The highest BCUT2D eigenvalue weighted by molar-refractivity contribution is 5.85. The Morgan fingerprint density at radius 3 is 2.92 bits per heavy atom. The van der Waals surface area contributed by atoms with Gasteiger partial charge < -0.3 is 20.1 Å². The highest BCUT2D eigenvalue weighted by Gasteiger charge is 2.44. The normalized spacial score (nSPS) is 30.6. The summed E-state index contributed by atoms with van der Waals surface area (Å²) in [5.41, 5.74) is 4.20. The first-order valence-electron chi connectivity index (χ1n) is 8.87. The number of nitrogens with one attached hydrogen (secondary N) is 2. The Balaban J connectivity index is 1.86. The number of aromatic amines is 1. The van der Waals surface area contributed by atoms with Crippen LogP contribution in [0.4, 0.5) is 0 Å². The SMILES string of the molecule is C/C=C1/CN[C@H]2Cc3c([nH]c4ccccc34)[C@@H](O)C[C@@H]1C2C(=O)OC. The fourth-order valence-electron chi connectivity index (χ4n) is 4.60. The fourth-order valence-corrected chi connectivity index (χ4v) is 4.60. The molecule has 1 saturated heterocycles. The molecule has 2 heterocycles. The fraction of sp³-hybridized carbons (Fsp3) is 0.450. The van der Waals surface area contributed by atoms with Crippen LogP contribution in [0, 0.1) is 11.8 Å². The van der Waals surface area contributed by atoms with E-state index in [9.17, 15) is 9.90 Å². The molecule has 0 saturated carbocycles. The smallest absolute Gasteiger partial charge is 0.310 e. The first-order chi connectivity index (χ1) is 12.1. The molecular weight excluding hydrogens is 316 g/mol. The van der Waals surface area contributed by atoms with Crippen molar-refractivity contribution in [1.82, 2.24) is 10.3 Å². The third-order valence-corrected chi connectivity index (χ3v) is 5.84. The van der Waals surface area contributed by atoms with Gasteiger partial charge >= 0.3 is 5.97 Å². The van der Waals surface area contributed by atoms with E-state index in [1.807, 2.05) is 25.1 Å². The minimum Gasteiger partial charge on any atom is -0.469 e. The van der Waals surface area contributed by atoms with Gasteiger partial charge in [0.15, 0.2) is 0 Å². The number of carbonyl (C=O) groups is 1. The van der Waals surface area contributed by atoms with Crippen LogP contribution in [-0.2, 0) is 16.0 Å². The number of ether oxygens (including phenoxy) is 1. The average molecular weight is 340 g/mol. The number of para-hydroxylation sites is 1. The Morgan fingerprint density at radius 1 is 1.36 bits per heavy atom. The largest absolute Gasteiger partial charge is 0.469 e. The minimum atomic E-state index is -0.617. The van der Waals surface area contributed by atoms with E-state index in [0.29, 0.717) is 12.8 Å². The molecular formula is C20H24N2O3. The number of fused-ring (bicyclic) bond motifs is 5. The summed E-state index contributed by atoms with van der Waals surface area (Å²) in [4.78, 5) is 15.9. The zero-order valence-corrected chi connectivity index (χ0v) is 14.6. The molecule has 0 spiro atoms. The van der Waals surface area contributed by atoms with Gasteiger partial charge in [0.2, 0.25) is 0 Å². The summed E-state index contributed by atoms with van der Waals surface area (Å²) in [6.45, 7) is 2.74. The second-order valence-electron chi connectivity index (χ2n) is 7.02. The van der Waals surface area contributed by atoms with E-state index in [-0.39, 0.29) is 23.8 Å². The molecule has 4 atom stereocenters. The van der Waals surface area contributed by atoms with E-state index >= 15 is 0 Å². The number of hydrogen-bond donors (Lipinski definition) is 3. The number of methoxy groups -OCH3 is 1. The molecule has 0 radical (unpaired) electrons. The number of rotatable bonds is 1. The number of aliphatic hydroxyl groups is 1. The van der Waals surface area contributed by atoms with Crippen LogP contribution in [0.25, 0.3) is 10.9 Å². The van der Waals surface area contributed by atoms with Gasteiger partial charge in [-0.05, 0) is 37.3 Å². The van der Waals surface area contributed by atoms with E-state index in [4.69, 9.17) is 4.74 Å². The van der Waals surface area contributed by atoms with Gasteiger partial charge in [-0.15, -0.1) is 0 Å². The molecule has 3 N–H and O–H groups in total. The van der Waals surface area contributed by atoms with Crippen molar-refractivity contribution < 1.29 is 14.6 Å². The molecule has 2 aliphatic rings. The predicted octanol–water partition coefficient (Wildman–Crippen LogP) is 2.47. The lowest BCUT2D eigenvalue weighted by Gasteiger charge is -2.41. The average Bonchev–Trinajstić information content (AvgIpc) is 2.99. The maximum Gasteiger partial charge on any atom is 0.310 e. The van der Waals surface area contributed by atoms with Crippen LogP contribution in [0.2, 0.25) is 0 Å². The summed E-state index contributed by atoms with van der Waals surface area (Å²) in [5, 5.41) is 15.6. The summed E-state index contributed by atoms with van der Waals surface area (Å²) < 4.78 is 5.11. The second kappa shape index (κ2) is 6.32. The monoisotopic (exact) mass is 340 g/mol. The third-order valence-electron chi connectivity index (χ3n) is 5.84. The van der Waals surface area contributed by atoms with Crippen molar-refractivity contribution >= 4 is 16.9 Å². The number of carbonyl (C=O) groups excluding carboxylic acids is 1. The predicted molar refractivity (Wildman–Crippen MR) is 96.1 cm³/mol. The summed E-state index contributed by atoms with van der Waals surface area (Å²) in [5.74, 6) is -0.475. The standard InChI is InChI=1S/C20H24N2O3/c1-3-11-10-21-16-8-14-12-6-4-5-7-15(12)22-19(14)17(23)9-13(11)18(16)20(24)25-2/h3-7,13,16-18,21-23H,8-10H2,1-2H3/b11-3-/t13-,16-,17-,18?/m0/s1. The van der Waals surface area contributed by atoms with Crippen LogP contribution in [0.15, 0.2) is 35.9 Å². The van der Waals surface area contributed by atoms with Crippen LogP contribution >= 0.6 is 0 Å². The van der Waals surface area contributed by atoms with E-state index in [0.717, 1.165) is 28.7 Å². The molecule has 1 aromatic heterocycles. The van der Waals surface area contributed by atoms with Crippen LogP contribution < -0.4 is 5.32 Å². The molecule has 5 heteroatoms. The molecule has 1 unspecified atom stereocenters. The van der Waals surface area contributed by atoms with E-state index < -0.39 is 6.10 Å². The minimum absolute atomic E-state index is 0.00161. The molecule has 5 nitrogen and oxygen atoms in total. The number of esters is 1. The lowest BCUT2D eigenvalue weighted by atomic mass is 9.71. The van der Waals surface area contributed by atoms with Crippen molar-refractivity contribution in [2.24, 2.45) is 11.8 Å². The lowest BCUT2D eigenvalue weighted by Crippen LogP contribution is -2.53. The molecule has 1 aliphatic heterocycles. The third kappa shape index (κ3) is 2.58. The molecule has 4 rings (SSSR count). The topological polar surface area (TPSA) is 74.4 Å². The van der Waals surface area contributed by atoms with Gasteiger partial charge in [0, 0.05) is 29.2 Å². The van der Waals surface area contributed by atoms with Crippen molar-refractivity contribution in [2.75, 3.05) is 13.7 Å². The van der Waals surface area contributed by atoms with Gasteiger partial charge in [-0.25, -0.2) is 0 Å². The number of benzene rings is 1. The second-order valence-corrected chi connectivity index (χ2v) is 7.02. The Kier molecular flexibility index (Phi) is 4.13. The van der Waals surface area contributed by atoms with Crippen molar-refractivity contribution in [2.45, 2.75) is 31.9 Å². The molecule has 1 fully saturated rings. The van der Waals surface area contributed by atoms with Gasteiger partial charge in [0.25, 0.3) is 0 Å². The first kappa shape index (κ1) is 16.4. The van der Waals surface area contributed by atoms with Crippen molar-refractivity contribution in [3.63, 3.8) is 0 Å². The van der Waals surface area contributed by atoms with Crippen LogP contribution in [0.5, 0.6) is 0 Å². The Labute approximate surface area is 147 Å². The van der Waals surface area contributed by atoms with Gasteiger partial charge in [-0.3, -0.25) is 4.79 Å². The number of hydrogen-bond acceptors (Lipinski definition) is 4. The molecule has 1 aliphatic carbocycles. The highest BCUT2D eigenvalue weighted by Crippen LogP contribution is 2.42. The molecule has 25 heavy (non-hydrogen) atoms. The molecule has 2 bridgehead atoms. The van der Waals surface area contributed by atoms with E-state index in [1.54, 1.807) is 0 Å². The zero-order chi connectivity index (χ0) is 17.6. The van der Waals surface area contributed by atoms with Crippen LogP contribution in [-0.4, -0.2) is 35.8 Å². The van der Waals surface area contributed by atoms with E-state index in [1.165, 1.54) is 12.7 Å². The van der Waals surface area contributed by atoms with Gasteiger partial charge in [0.05, 0.1) is 19.1 Å². The molecule has 2 aromatic rings. The summed E-state index contributed by atoms with van der Waals surface area (Å²) in [6, 6.07) is 8.11. The van der Waals surface area contributed by atoms with E-state index in [2.05, 4.69) is 22.4 Å². The van der Waals surface area contributed by atoms with Crippen LogP contribution in [0.3, 0.4) is 0 Å². The quantitative estimate of drug-likeness (QED) is 0.551. The van der Waals surface area contributed by atoms with Gasteiger partial charge in [-0.2, -0.15) is 0 Å². The maximum absolute atomic E-state index is 12.5. The lowest BCUT2D eigenvalue weighted by molar-refractivity contribution is -0.149. The van der Waals surface area contributed by atoms with Gasteiger partial charge in [0.1, 0.15) is 0 Å². The summed E-state index contributed by atoms with van der Waals surface area (Å²) >= 11 is 0. The van der Waals surface area contributed by atoms with Gasteiger partial charge in [-0.1, -0.05) is 29.8 Å². The Bertz CT molecular complexity index is 839. The highest BCUT2D eigenvalue weighted by atomic mass is 16.5. The molecule has 132 valence electrons. The number of aliphatic hydroxyl groups excluding tert-OH is 1. The van der Waals surface area contributed by atoms with Crippen molar-refractivity contribution in [1.29, 1.82) is 0 Å². The first-order valence-corrected chi connectivity index (χ1v) is 8.87.